The minimum atomic E-state index is 0.196. The van der Waals surface area contributed by atoms with Gasteiger partial charge in [-0.05, 0) is 83.1 Å². The first-order valence-corrected chi connectivity index (χ1v) is 11.7. The van der Waals surface area contributed by atoms with Gasteiger partial charge in [0.05, 0.1) is 12.3 Å². The molecule has 32 heavy (non-hydrogen) atoms. The highest BCUT2D eigenvalue weighted by Crippen LogP contribution is 2.38. The second-order valence-corrected chi connectivity index (χ2v) is 8.40. The summed E-state index contributed by atoms with van der Waals surface area (Å²) in [5.41, 5.74) is 7.77. The fourth-order valence-electron chi connectivity index (χ4n) is 4.17. The van der Waals surface area contributed by atoms with Gasteiger partial charge in [-0.1, -0.05) is 51.3 Å². The van der Waals surface area contributed by atoms with Gasteiger partial charge in [0.2, 0.25) is 0 Å². The fraction of sp³-hybridized carbons (Fsp3) is 0.310. The summed E-state index contributed by atoms with van der Waals surface area (Å²) in [6.07, 6.45) is 8.13. The van der Waals surface area contributed by atoms with Crippen LogP contribution in [-0.2, 0) is 6.42 Å². The minimum absolute atomic E-state index is 0.196. The van der Waals surface area contributed by atoms with Gasteiger partial charge >= 0.3 is 0 Å². The predicted octanol–water partition coefficient (Wildman–Crippen LogP) is 7.56. The Morgan fingerprint density at radius 1 is 0.906 bits per heavy atom. The maximum absolute atomic E-state index is 12.0. The van der Waals surface area contributed by atoms with Gasteiger partial charge in [-0.15, -0.1) is 0 Å². The molecule has 0 heterocycles. The van der Waals surface area contributed by atoms with Gasteiger partial charge in [0.1, 0.15) is 5.75 Å². The second-order valence-electron chi connectivity index (χ2n) is 8.40. The van der Waals surface area contributed by atoms with Gasteiger partial charge in [0, 0.05) is 18.2 Å². The van der Waals surface area contributed by atoms with Crippen LogP contribution in [0.3, 0.4) is 0 Å². The topological polar surface area (TPSA) is 38.7 Å². The molecule has 4 rings (SSSR count). The lowest BCUT2D eigenvalue weighted by molar-refractivity contribution is 0.0988. The van der Waals surface area contributed by atoms with Crippen LogP contribution in [0, 0.1) is 0 Å². The number of ether oxygens (including phenoxy) is 1. The molecule has 164 valence electrons. The van der Waals surface area contributed by atoms with E-state index in [-0.39, 0.29) is 5.78 Å². The quantitative estimate of drug-likeness (QED) is 0.149. The van der Waals surface area contributed by atoms with Gasteiger partial charge in [-0.3, -0.25) is 9.79 Å². The molecule has 0 N–H and O–H groups in total. The molecule has 0 unspecified atom stereocenters. The van der Waals surface area contributed by atoms with E-state index < -0.39 is 0 Å². The normalized spacial score (nSPS) is 12.1. The van der Waals surface area contributed by atoms with Crippen molar-refractivity contribution in [1.29, 1.82) is 0 Å². The molecule has 0 bridgehead atoms. The standard InChI is InChI=1S/C29H31NO2/c1-3-5-6-7-16-32-26-12-8-21(9-13-26)20-30-25-11-15-28-24(19-25)18-23-17-22(29(31)4-2)10-14-27(23)28/h8-15,17,19-20H,3-7,16,18H2,1-2H3. The van der Waals surface area contributed by atoms with Crippen molar-refractivity contribution in [3.8, 4) is 16.9 Å². The van der Waals surface area contributed by atoms with E-state index in [0.29, 0.717) is 6.42 Å². The highest BCUT2D eigenvalue weighted by Gasteiger charge is 2.19. The zero-order valence-electron chi connectivity index (χ0n) is 19.1. The lowest BCUT2D eigenvalue weighted by Gasteiger charge is -2.06. The van der Waals surface area contributed by atoms with Crippen molar-refractivity contribution in [3.05, 3.63) is 82.9 Å². The highest BCUT2D eigenvalue weighted by molar-refractivity contribution is 5.97. The van der Waals surface area contributed by atoms with E-state index >= 15 is 0 Å². The summed E-state index contributed by atoms with van der Waals surface area (Å²) >= 11 is 0. The summed E-state index contributed by atoms with van der Waals surface area (Å²) in [4.78, 5) is 16.7. The third-order valence-electron chi connectivity index (χ3n) is 6.02. The Balaban J connectivity index is 1.39. The average molecular weight is 426 g/mol. The smallest absolute Gasteiger partial charge is 0.162 e. The summed E-state index contributed by atoms with van der Waals surface area (Å²) in [6, 6.07) is 20.5. The van der Waals surface area contributed by atoms with Crippen molar-refractivity contribution < 1.29 is 9.53 Å². The Morgan fingerprint density at radius 3 is 2.41 bits per heavy atom. The van der Waals surface area contributed by atoms with Gasteiger partial charge in [-0.2, -0.15) is 0 Å². The molecule has 0 aliphatic heterocycles. The van der Waals surface area contributed by atoms with Crippen LogP contribution < -0.4 is 4.74 Å². The van der Waals surface area contributed by atoms with Gasteiger partial charge < -0.3 is 4.74 Å². The number of rotatable bonds is 10. The first-order valence-electron chi connectivity index (χ1n) is 11.7. The zero-order valence-corrected chi connectivity index (χ0v) is 19.1. The Kier molecular flexibility index (Phi) is 7.16. The Labute approximate surface area is 191 Å². The number of ketones is 1. The van der Waals surface area contributed by atoms with E-state index in [1.54, 1.807) is 0 Å². The number of carbonyl (C=O) groups excluding carboxylic acids is 1. The SMILES string of the molecule is CCCCCCOc1ccc(C=Nc2ccc3c(c2)Cc2cc(C(=O)CC)ccc2-3)cc1. The van der Waals surface area contributed by atoms with Crippen LogP contribution >= 0.6 is 0 Å². The van der Waals surface area contributed by atoms with Crippen LogP contribution in [0.2, 0.25) is 0 Å². The maximum atomic E-state index is 12.0. The number of unbranched alkanes of at least 4 members (excludes halogenated alkanes) is 3. The van der Waals surface area contributed by atoms with Crippen molar-refractivity contribution >= 4 is 17.7 Å². The predicted molar refractivity (Wildman–Crippen MR) is 133 cm³/mol. The van der Waals surface area contributed by atoms with E-state index in [2.05, 4.69) is 42.2 Å². The Bertz CT molecular complexity index is 1110. The molecule has 3 nitrogen and oxygen atoms in total. The van der Waals surface area contributed by atoms with Crippen LogP contribution in [0.15, 0.2) is 65.7 Å². The minimum Gasteiger partial charge on any atom is -0.494 e. The van der Waals surface area contributed by atoms with E-state index in [1.807, 2.05) is 43.5 Å². The van der Waals surface area contributed by atoms with Gasteiger partial charge in [0.15, 0.2) is 5.78 Å². The molecule has 3 aromatic rings. The molecule has 3 aromatic carbocycles. The lowest BCUT2D eigenvalue weighted by atomic mass is 10.0. The first kappa shape index (κ1) is 22.0. The fourth-order valence-corrected chi connectivity index (χ4v) is 4.17. The van der Waals surface area contributed by atoms with Crippen molar-refractivity contribution in [3.63, 3.8) is 0 Å². The first-order chi connectivity index (χ1) is 15.7. The van der Waals surface area contributed by atoms with Gasteiger partial charge in [-0.25, -0.2) is 0 Å². The third-order valence-corrected chi connectivity index (χ3v) is 6.02. The van der Waals surface area contributed by atoms with E-state index in [0.717, 1.165) is 42.0 Å². The summed E-state index contributed by atoms with van der Waals surface area (Å²) in [5.74, 6) is 1.11. The number of hydrogen-bond donors (Lipinski definition) is 0. The molecule has 1 aliphatic carbocycles. The van der Waals surface area contributed by atoms with Crippen molar-refractivity contribution in [2.75, 3.05) is 6.61 Å². The molecule has 0 aromatic heterocycles. The molecular weight excluding hydrogens is 394 g/mol. The molecule has 0 amide bonds. The number of nitrogens with zero attached hydrogens (tertiary/aromatic N) is 1. The second kappa shape index (κ2) is 10.4. The Hall–Kier alpha value is -3.20. The molecule has 0 saturated carbocycles. The number of hydrogen-bond acceptors (Lipinski definition) is 3. The number of aliphatic imine (C=N–C) groups is 1. The molecule has 1 aliphatic rings. The number of benzene rings is 3. The van der Waals surface area contributed by atoms with E-state index in [4.69, 9.17) is 4.74 Å². The van der Waals surface area contributed by atoms with Crippen LogP contribution in [0.25, 0.3) is 11.1 Å². The highest BCUT2D eigenvalue weighted by atomic mass is 16.5. The van der Waals surface area contributed by atoms with Crippen molar-refractivity contribution in [2.45, 2.75) is 52.4 Å². The van der Waals surface area contributed by atoms with Crippen LogP contribution in [-0.4, -0.2) is 18.6 Å². The van der Waals surface area contributed by atoms with Gasteiger partial charge in [0.25, 0.3) is 0 Å². The van der Waals surface area contributed by atoms with Crippen LogP contribution in [0.4, 0.5) is 5.69 Å². The Morgan fingerprint density at radius 2 is 1.66 bits per heavy atom. The molecule has 3 heteroatoms. The zero-order chi connectivity index (χ0) is 22.3. The number of carbonyl (C=O) groups is 1. The summed E-state index contributed by atoms with van der Waals surface area (Å²) in [5, 5.41) is 0. The molecular formula is C29H31NO2. The monoisotopic (exact) mass is 425 g/mol. The maximum Gasteiger partial charge on any atom is 0.162 e. The summed E-state index contributed by atoms with van der Waals surface area (Å²) in [7, 11) is 0. The van der Waals surface area contributed by atoms with E-state index in [9.17, 15) is 4.79 Å². The van der Waals surface area contributed by atoms with Crippen LogP contribution in [0.5, 0.6) is 5.75 Å². The molecule has 0 fully saturated rings. The van der Waals surface area contributed by atoms with Crippen LogP contribution in [0.1, 0.15) is 73.0 Å². The van der Waals surface area contributed by atoms with Crippen molar-refractivity contribution in [2.24, 2.45) is 4.99 Å². The molecule has 0 saturated heterocycles. The number of Topliss-reactive ketones (excluding diaryl/α,β-unsaturated/α-hetero) is 1. The molecule has 0 atom stereocenters. The third kappa shape index (κ3) is 5.16. The summed E-state index contributed by atoms with van der Waals surface area (Å²) in [6.45, 7) is 4.90. The largest absolute Gasteiger partial charge is 0.494 e. The number of fused-ring (bicyclic) bond motifs is 3. The van der Waals surface area contributed by atoms with Crippen molar-refractivity contribution in [1.82, 2.24) is 0 Å². The lowest BCUT2D eigenvalue weighted by Crippen LogP contribution is -1.97. The molecule has 0 spiro atoms. The summed E-state index contributed by atoms with van der Waals surface area (Å²) < 4.78 is 5.82. The van der Waals surface area contributed by atoms with E-state index in [1.165, 1.54) is 41.5 Å². The average Bonchev–Trinajstić information content (AvgIpc) is 3.19. The molecule has 0 radical (unpaired) electrons.